The number of carboxylic acids is 1. The maximum atomic E-state index is 12.2. The highest BCUT2D eigenvalue weighted by atomic mass is 16.4. The van der Waals surface area contributed by atoms with Crippen LogP contribution in [0.15, 0.2) is 24.3 Å². The first-order valence-electron chi connectivity index (χ1n) is 6.91. The molecule has 7 heteroatoms. The van der Waals surface area contributed by atoms with Crippen LogP contribution in [0, 0.1) is 0 Å². The Balaban J connectivity index is 1.91. The van der Waals surface area contributed by atoms with Gasteiger partial charge >= 0.3 is 12.0 Å². The van der Waals surface area contributed by atoms with Crippen LogP contribution in [0.5, 0.6) is 0 Å². The van der Waals surface area contributed by atoms with E-state index < -0.39 is 5.97 Å². The summed E-state index contributed by atoms with van der Waals surface area (Å²) in [5.41, 5.74) is 6.91. The summed E-state index contributed by atoms with van der Waals surface area (Å²) in [4.78, 5) is 26.5. The number of nitrogens with zero attached hydrogens (tertiary/aromatic N) is 2. The number of rotatable bonds is 3. The van der Waals surface area contributed by atoms with Crippen LogP contribution in [-0.2, 0) is 4.79 Å². The van der Waals surface area contributed by atoms with Crippen molar-refractivity contribution in [1.29, 1.82) is 0 Å². The van der Waals surface area contributed by atoms with Crippen molar-refractivity contribution in [2.75, 3.05) is 43.8 Å². The maximum absolute atomic E-state index is 12.2. The summed E-state index contributed by atoms with van der Waals surface area (Å²) >= 11 is 0. The number of benzene rings is 1. The molecule has 1 aromatic rings. The molecular weight excluding hydrogens is 272 g/mol. The van der Waals surface area contributed by atoms with Gasteiger partial charge in [-0.1, -0.05) is 12.1 Å². The predicted octanol–water partition coefficient (Wildman–Crippen LogP) is 0.893. The summed E-state index contributed by atoms with van der Waals surface area (Å²) in [6, 6.07) is 6.89. The van der Waals surface area contributed by atoms with Crippen LogP contribution in [0.1, 0.15) is 6.42 Å². The summed E-state index contributed by atoms with van der Waals surface area (Å²) in [5, 5.41) is 11.6. The Morgan fingerprint density at radius 3 is 2.67 bits per heavy atom. The van der Waals surface area contributed by atoms with Gasteiger partial charge in [0.1, 0.15) is 0 Å². The SMILES string of the molecule is Nc1ccccc1NC(=O)N1CCCN(CC(=O)O)CC1. The molecule has 2 rings (SSSR count). The topological polar surface area (TPSA) is 98.9 Å². The monoisotopic (exact) mass is 292 g/mol. The summed E-state index contributed by atoms with van der Waals surface area (Å²) in [5.74, 6) is -0.843. The highest BCUT2D eigenvalue weighted by Crippen LogP contribution is 2.17. The second kappa shape index (κ2) is 6.94. The predicted molar refractivity (Wildman–Crippen MR) is 80.1 cm³/mol. The van der Waals surface area contributed by atoms with E-state index in [0.29, 0.717) is 37.6 Å². The summed E-state index contributed by atoms with van der Waals surface area (Å²) in [6.45, 7) is 2.37. The van der Waals surface area contributed by atoms with Crippen molar-refractivity contribution in [2.24, 2.45) is 0 Å². The molecule has 0 aliphatic carbocycles. The van der Waals surface area contributed by atoms with Crippen LogP contribution in [-0.4, -0.2) is 59.6 Å². The minimum atomic E-state index is -0.843. The van der Waals surface area contributed by atoms with Gasteiger partial charge < -0.3 is 21.1 Å². The zero-order valence-electron chi connectivity index (χ0n) is 11.8. The van der Waals surface area contributed by atoms with Crippen molar-refractivity contribution in [3.63, 3.8) is 0 Å². The van der Waals surface area contributed by atoms with Gasteiger partial charge in [0.05, 0.1) is 17.9 Å². The Kier molecular flexibility index (Phi) is 4.99. The number of nitrogens with two attached hydrogens (primary N) is 1. The highest BCUT2D eigenvalue weighted by molar-refractivity contribution is 5.92. The first-order valence-corrected chi connectivity index (χ1v) is 6.91. The number of para-hydroxylation sites is 2. The molecule has 1 saturated heterocycles. The standard InChI is InChI=1S/C14H20N4O3/c15-11-4-1-2-5-12(11)16-14(21)18-7-3-6-17(8-9-18)10-13(19)20/h1-2,4-5H,3,6-10,15H2,(H,16,21)(H,19,20). The molecule has 0 saturated carbocycles. The van der Waals surface area contributed by atoms with Gasteiger partial charge in [-0.05, 0) is 18.6 Å². The van der Waals surface area contributed by atoms with Crippen molar-refractivity contribution in [3.05, 3.63) is 24.3 Å². The number of aliphatic carboxylic acids is 1. The van der Waals surface area contributed by atoms with Gasteiger partial charge in [0.15, 0.2) is 0 Å². The van der Waals surface area contributed by atoms with E-state index in [2.05, 4.69) is 5.32 Å². The van der Waals surface area contributed by atoms with Gasteiger partial charge in [0, 0.05) is 26.2 Å². The molecule has 1 heterocycles. The molecule has 1 aliphatic rings. The number of amides is 2. The van der Waals surface area contributed by atoms with E-state index in [0.717, 1.165) is 6.42 Å². The van der Waals surface area contributed by atoms with Gasteiger partial charge in [0.25, 0.3) is 0 Å². The van der Waals surface area contributed by atoms with Crippen molar-refractivity contribution < 1.29 is 14.7 Å². The second-order valence-corrected chi connectivity index (χ2v) is 5.03. The fourth-order valence-electron chi connectivity index (χ4n) is 2.33. The summed E-state index contributed by atoms with van der Waals surface area (Å²) in [6.07, 6.45) is 0.755. The minimum Gasteiger partial charge on any atom is -0.480 e. The third-order valence-electron chi connectivity index (χ3n) is 3.44. The average molecular weight is 292 g/mol. The van der Waals surface area contributed by atoms with E-state index in [4.69, 9.17) is 10.8 Å². The number of hydrogen-bond acceptors (Lipinski definition) is 4. The molecule has 114 valence electrons. The van der Waals surface area contributed by atoms with Crippen molar-refractivity contribution in [3.8, 4) is 0 Å². The number of carbonyl (C=O) groups excluding carboxylic acids is 1. The lowest BCUT2D eigenvalue weighted by Crippen LogP contribution is -2.39. The number of anilines is 2. The normalized spacial score (nSPS) is 16.3. The number of hydrogen-bond donors (Lipinski definition) is 3. The average Bonchev–Trinajstić information content (AvgIpc) is 2.66. The van der Waals surface area contributed by atoms with E-state index >= 15 is 0 Å². The van der Waals surface area contributed by atoms with Crippen molar-refractivity contribution >= 4 is 23.4 Å². The molecule has 0 radical (unpaired) electrons. The second-order valence-electron chi connectivity index (χ2n) is 5.03. The van der Waals surface area contributed by atoms with Crippen LogP contribution < -0.4 is 11.1 Å². The van der Waals surface area contributed by atoms with E-state index in [9.17, 15) is 9.59 Å². The lowest BCUT2D eigenvalue weighted by Gasteiger charge is -2.22. The molecule has 0 aromatic heterocycles. The minimum absolute atomic E-state index is 0.0150. The first kappa shape index (κ1) is 15.1. The van der Waals surface area contributed by atoms with Crippen LogP contribution >= 0.6 is 0 Å². The molecule has 7 nitrogen and oxygen atoms in total. The zero-order chi connectivity index (χ0) is 15.2. The Morgan fingerprint density at radius 2 is 1.95 bits per heavy atom. The quantitative estimate of drug-likeness (QED) is 0.719. The molecule has 0 atom stereocenters. The smallest absolute Gasteiger partial charge is 0.321 e. The van der Waals surface area contributed by atoms with Gasteiger partial charge in [-0.2, -0.15) is 0 Å². The third kappa shape index (κ3) is 4.35. The van der Waals surface area contributed by atoms with Gasteiger partial charge in [-0.25, -0.2) is 4.79 Å². The van der Waals surface area contributed by atoms with E-state index in [-0.39, 0.29) is 12.6 Å². The van der Waals surface area contributed by atoms with Crippen LogP contribution in [0.3, 0.4) is 0 Å². The molecule has 0 unspecified atom stereocenters. The molecule has 4 N–H and O–H groups in total. The lowest BCUT2D eigenvalue weighted by atomic mass is 10.3. The lowest BCUT2D eigenvalue weighted by molar-refractivity contribution is -0.138. The van der Waals surface area contributed by atoms with Crippen molar-refractivity contribution in [2.45, 2.75) is 6.42 Å². The fourth-order valence-corrected chi connectivity index (χ4v) is 2.33. The first-order chi connectivity index (χ1) is 10.1. The molecule has 0 bridgehead atoms. The van der Waals surface area contributed by atoms with E-state index in [1.807, 2.05) is 11.0 Å². The number of carbonyl (C=O) groups is 2. The Hall–Kier alpha value is -2.28. The Morgan fingerprint density at radius 1 is 1.19 bits per heavy atom. The van der Waals surface area contributed by atoms with Crippen LogP contribution in [0.2, 0.25) is 0 Å². The maximum Gasteiger partial charge on any atom is 0.321 e. The molecule has 1 fully saturated rings. The van der Waals surface area contributed by atoms with E-state index in [1.165, 1.54) is 0 Å². The molecule has 1 aliphatic heterocycles. The van der Waals surface area contributed by atoms with Crippen LogP contribution in [0.25, 0.3) is 0 Å². The Bertz CT molecular complexity index is 521. The molecule has 0 spiro atoms. The summed E-state index contributed by atoms with van der Waals surface area (Å²) in [7, 11) is 0. The van der Waals surface area contributed by atoms with Crippen molar-refractivity contribution in [1.82, 2.24) is 9.80 Å². The fraction of sp³-hybridized carbons (Fsp3) is 0.429. The van der Waals surface area contributed by atoms with Gasteiger partial charge in [-0.3, -0.25) is 9.69 Å². The van der Waals surface area contributed by atoms with E-state index in [1.54, 1.807) is 23.1 Å². The molecule has 2 amide bonds. The highest BCUT2D eigenvalue weighted by Gasteiger charge is 2.20. The summed E-state index contributed by atoms with van der Waals surface area (Å²) < 4.78 is 0. The van der Waals surface area contributed by atoms with Gasteiger partial charge in [0.2, 0.25) is 0 Å². The third-order valence-corrected chi connectivity index (χ3v) is 3.44. The van der Waals surface area contributed by atoms with Crippen LogP contribution in [0.4, 0.5) is 16.2 Å². The zero-order valence-corrected chi connectivity index (χ0v) is 11.8. The van der Waals surface area contributed by atoms with Gasteiger partial charge in [-0.15, -0.1) is 0 Å². The molecule has 21 heavy (non-hydrogen) atoms. The number of nitrogens with one attached hydrogen (secondary N) is 1. The molecular formula is C14H20N4O3. The number of urea groups is 1. The molecule has 1 aromatic carbocycles. The number of carboxylic acid groups (broad SMARTS) is 1. The Labute approximate surface area is 123 Å². The largest absolute Gasteiger partial charge is 0.480 e. The number of nitrogen functional groups attached to an aromatic ring is 1.